The minimum Gasteiger partial charge on any atom is -0.481 e. The number of hydrogen-bond acceptors (Lipinski definition) is 3. The van der Waals surface area contributed by atoms with Gasteiger partial charge in [0.25, 0.3) is 0 Å². The second-order valence-corrected chi connectivity index (χ2v) is 4.89. The lowest BCUT2D eigenvalue weighted by Crippen LogP contribution is -2.19. The monoisotopic (exact) mass is 224 g/mol. The lowest BCUT2D eigenvalue weighted by Gasteiger charge is -2.20. The average molecular weight is 224 g/mol. The molecule has 1 N–H and O–H groups in total. The van der Waals surface area contributed by atoms with Gasteiger partial charge in [-0.05, 0) is 30.2 Å². The molecule has 1 aliphatic carbocycles. The summed E-state index contributed by atoms with van der Waals surface area (Å²) in [6.45, 7) is 0. The van der Waals surface area contributed by atoms with Crippen LogP contribution in [0.2, 0.25) is 0 Å². The molecule has 0 amide bonds. The number of carbonyl (C=O) groups is 2. The van der Waals surface area contributed by atoms with Gasteiger partial charge in [0.1, 0.15) is 0 Å². The van der Waals surface area contributed by atoms with Crippen molar-refractivity contribution in [2.45, 2.75) is 25.7 Å². The van der Waals surface area contributed by atoms with Crippen LogP contribution < -0.4 is 0 Å². The second-order valence-electron chi connectivity index (χ2n) is 3.89. The Balaban J connectivity index is 2.03. The molecule has 1 aromatic rings. The molecular formula is C11H12O3S. The van der Waals surface area contributed by atoms with Gasteiger partial charge in [-0.1, -0.05) is 0 Å². The summed E-state index contributed by atoms with van der Waals surface area (Å²) in [4.78, 5) is 23.2. The number of ketones is 1. The Morgan fingerprint density at radius 2 is 2.33 bits per heavy atom. The normalized spacial score (nSPS) is 20.0. The molecule has 0 aromatic carbocycles. The molecule has 4 heteroatoms. The zero-order valence-corrected chi connectivity index (χ0v) is 9.05. The number of aliphatic carboxylic acids is 1. The summed E-state index contributed by atoms with van der Waals surface area (Å²) < 4.78 is 0. The maximum absolute atomic E-state index is 11.7. The van der Waals surface area contributed by atoms with Crippen LogP contribution in [0.1, 0.15) is 34.5 Å². The Morgan fingerprint density at radius 1 is 1.53 bits per heavy atom. The lowest BCUT2D eigenvalue weighted by atomic mass is 9.85. The first-order valence-electron chi connectivity index (χ1n) is 4.98. The van der Waals surface area contributed by atoms with E-state index in [4.69, 9.17) is 5.11 Å². The average Bonchev–Trinajstić information content (AvgIpc) is 2.63. The molecule has 0 bridgehead atoms. The fraction of sp³-hybridized carbons (Fsp3) is 0.455. The fourth-order valence-corrected chi connectivity index (χ4v) is 2.99. The summed E-state index contributed by atoms with van der Waals surface area (Å²) in [6, 6.07) is 1.87. The second kappa shape index (κ2) is 4.14. The van der Waals surface area contributed by atoms with Gasteiger partial charge in [0.2, 0.25) is 0 Å². The van der Waals surface area contributed by atoms with Gasteiger partial charge < -0.3 is 5.11 Å². The van der Waals surface area contributed by atoms with Crippen LogP contribution in [0.25, 0.3) is 0 Å². The summed E-state index contributed by atoms with van der Waals surface area (Å²) in [5.74, 6) is -0.382. The first-order valence-corrected chi connectivity index (χ1v) is 5.86. The van der Waals surface area contributed by atoms with Gasteiger partial charge in [-0.25, -0.2) is 0 Å². The van der Waals surface area contributed by atoms with Gasteiger partial charge in [-0.15, -0.1) is 11.3 Å². The molecule has 80 valence electrons. The maximum Gasteiger partial charge on any atom is 0.303 e. The summed E-state index contributed by atoms with van der Waals surface area (Å²) in [6.07, 6.45) is 2.15. The van der Waals surface area contributed by atoms with Crippen molar-refractivity contribution in [3.63, 3.8) is 0 Å². The topological polar surface area (TPSA) is 54.4 Å². The number of carbonyl (C=O) groups excluding carboxylic acids is 1. The molecule has 0 spiro atoms. The predicted molar refractivity (Wildman–Crippen MR) is 57.3 cm³/mol. The smallest absolute Gasteiger partial charge is 0.303 e. The molecular weight excluding hydrogens is 212 g/mol. The van der Waals surface area contributed by atoms with E-state index in [-0.39, 0.29) is 18.1 Å². The number of carboxylic acids is 1. The number of rotatable bonds is 3. The maximum atomic E-state index is 11.7. The van der Waals surface area contributed by atoms with E-state index < -0.39 is 5.97 Å². The van der Waals surface area contributed by atoms with Crippen LogP contribution in [0, 0.1) is 5.92 Å². The van der Waals surface area contributed by atoms with Crippen LogP contribution in [0.5, 0.6) is 0 Å². The van der Waals surface area contributed by atoms with E-state index in [0.29, 0.717) is 12.8 Å². The molecule has 0 saturated carbocycles. The number of thiophene rings is 1. The summed E-state index contributed by atoms with van der Waals surface area (Å²) in [5, 5.41) is 10.5. The first kappa shape index (κ1) is 10.4. The van der Waals surface area contributed by atoms with Crippen LogP contribution in [-0.4, -0.2) is 16.9 Å². The molecule has 1 atom stereocenters. The fourth-order valence-electron chi connectivity index (χ4n) is 1.99. The van der Waals surface area contributed by atoms with E-state index >= 15 is 0 Å². The Hall–Kier alpha value is -1.16. The highest BCUT2D eigenvalue weighted by atomic mass is 32.1. The first-order chi connectivity index (χ1) is 7.16. The quantitative estimate of drug-likeness (QED) is 0.857. The van der Waals surface area contributed by atoms with Crippen molar-refractivity contribution < 1.29 is 14.7 Å². The largest absolute Gasteiger partial charge is 0.481 e. The highest BCUT2D eigenvalue weighted by Crippen LogP contribution is 2.31. The minimum absolute atomic E-state index is 0.165. The van der Waals surface area contributed by atoms with Crippen LogP contribution in [-0.2, 0) is 11.2 Å². The SMILES string of the molecule is O=C(O)CCC1CC(=O)c2ccsc2C1. The molecule has 0 fully saturated rings. The number of carboxylic acid groups (broad SMARTS) is 1. The van der Waals surface area contributed by atoms with E-state index in [1.807, 2.05) is 11.4 Å². The Kier molecular flexibility index (Phi) is 2.86. The third kappa shape index (κ3) is 2.26. The molecule has 1 aliphatic rings. The van der Waals surface area contributed by atoms with Crippen molar-refractivity contribution in [3.05, 3.63) is 21.9 Å². The van der Waals surface area contributed by atoms with Crippen molar-refractivity contribution in [2.75, 3.05) is 0 Å². The van der Waals surface area contributed by atoms with Crippen LogP contribution in [0.15, 0.2) is 11.4 Å². The van der Waals surface area contributed by atoms with Crippen molar-refractivity contribution in [1.29, 1.82) is 0 Å². The summed E-state index contributed by atoms with van der Waals surface area (Å²) in [7, 11) is 0. The summed E-state index contributed by atoms with van der Waals surface area (Å²) in [5.41, 5.74) is 0.853. The highest BCUT2D eigenvalue weighted by Gasteiger charge is 2.25. The third-order valence-electron chi connectivity index (χ3n) is 2.76. The van der Waals surface area contributed by atoms with Gasteiger partial charge in [-0.2, -0.15) is 0 Å². The van der Waals surface area contributed by atoms with Gasteiger partial charge in [0, 0.05) is 23.3 Å². The number of fused-ring (bicyclic) bond motifs is 1. The molecule has 1 aromatic heterocycles. The number of Topliss-reactive ketones (excluding diaryl/α,β-unsaturated/α-hetero) is 1. The van der Waals surface area contributed by atoms with Gasteiger partial charge >= 0.3 is 5.97 Å². The minimum atomic E-state index is -0.778. The van der Waals surface area contributed by atoms with Crippen LogP contribution in [0.3, 0.4) is 0 Å². The molecule has 15 heavy (non-hydrogen) atoms. The third-order valence-corrected chi connectivity index (χ3v) is 3.70. The van der Waals surface area contributed by atoms with Gasteiger partial charge in [0.05, 0.1) is 0 Å². The van der Waals surface area contributed by atoms with Crippen LogP contribution in [0.4, 0.5) is 0 Å². The zero-order chi connectivity index (χ0) is 10.8. The molecule has 1 heterocycles. The molecule has 0 saturated heterocycles. The molecule has 3 nitrogen and oxygen atoms in total. The summed E-state index contributed by atoms with van der Waals surface area (Å²) >= 11 is 1.60. The van der Waals surface area contributed by atoms with E-state index in [9.17, 15) is 9.59 Å². The van der Waals surface area contributed by atoms with Crippen molar-refractivity contribution in [1.82, 2.24) is 0 Å². The van der Waals surface area contributed by atoms with Crippen LogP contribution >= 0.6 is 11.3 Å². The van der Waals surface area contributed by atoms with Gasteiger partial charge in [0.15, 0.2) is 5.78 Å². The van der Waals surface area contributed by atoms with E-state index in [2.05, 4.69) is 0 Å². The van der Waals surface area contributed by atoms with E-state index in [1.54, 1.807) is 11.3 Å². The molecule has 2 rings (SSSR count). The lowest BCUT2D eigenvalue weighted by molar-refractivity contribution is -0.137. The van der Waals surface area contributed by atoms with E-state index in [0.717, 1.165) is 16.9 Å². The highest BCUT2D eigenvalue weighted by molar-refractivity contribution is 7.10. The Labute approximate surface area is 91.7 Å². The molecule has 0 aliphatic heterocycles. The van der Waals surface area contributed by atoms with Gasteiger partial charge in [-0.3, -0.25) is 9.59 Å². The van der Waals surface area contributed by atoms with Crippen molar-refractivity contribution in [3.8, 4) is 0 Å². The van der Waals surface area contributed by atoms with Crippen molar-refractivity contribution >= 4 is 23.1 Å². The Bertz CT molecular complexity index is 394. The standard InChI is InChI=1S/C11H12O3S/c12-9-5-7(1-2-11(13)14)6-10-8(9)3-4-15-10/h3-4,7H,1-2,5-6H2,(H,13,14). The zero-order valence-electron chi connectivity index (χ0n) is 8.23. The van der Waals surface area contributed by atoms with Crippen molar-refractivity contribution in [2.24, 2.45) is 5.92 Å². The molecule has 0 radical (unpaired) electrons. The van der Waals surface area contributed by atoms with E-state index in [1.165, 1.54) is 0 Å². The number of hydrogen-bond donors (Lipinski definition) is 1. The molecule has 1 unspecified atom stereocenters. The Morgan fingerprint density at radius 3 is 3.07 bits per heavy atom. The predicted octanol–water partition coefficient (Wildman–Crippen LogP) is 2.36.